The second-order valence-electron chi connectivity index (χ2n) is 8.93. The summed E-state index contributed by atoms with van der Waals surface area (Å²) in [5.74, 6) is 0.199. The third kappa shape index (κ3) is 5.07. The van der Waals surface area contributed by atoms with Gasteiger partial charge in [-0.25, -0.2) is 9.78 Å². The van der Waals surface area contributed by atoms with Gasteiger partial charge in [0.05, 0.1) is 5.69 Å². The Morgan fingerprint density at radius 2 is 1.81 bits per heavy atom. The average Bonchev–Trinajstić information content (AvgIpc) is 3.44. The molecule has 0 saturated heterocycles. The Bertz CT molecular complexity index is 1570. The Hall–Kier alpha value is -3.44. The number of H-pyrrole nitrogens is 1. The Balaban J connectivity index is 1.69. The monoisotopic (exact) mass is 528 g/mol. The highest BCUT2D eigenvalue weighted by atomic mass is 32.2. The van der Waals surface area contributed by atoms with E-state index in [-0.39, 0.29) is 17.0 Å². The van der Waals surface area contributed by atoms with Crippen LogP contribution in [0.25, 0.3) is 11.4 Å². The van der Waals surface area contributed by atoms with E-state index in [2.05, 4.69) is 19.6 Å². The highest BCUT2D eigenvalue weighted by molar-refractivity contribution is 7.94. The van der Waals surface area contributed by atoms with Gasteiger partial charge in [0.15, 0.2) is 5.82 Å². The molecule has 1 N–H and O–H groups in total. The summed E-state index contributed by atoms with van der Waals surface area (Å²) in [6.45, 7) is 11.5. The predicted molar refractivity (Wildman–Crippen MR) is 139 cm³/mol. The van der Waals surface area contributed by atoms with Gasteiger partial charge in [-0.3, -0.25) is 13.8 Å². The van der Waals surface area contributed by atoms with Crippen LogP contribution in [0.5, 0.6) is 5.75 Å². The van der Waals surface area contributed by atoms with E-state index in [1.165, 1.54) is 4.31 Å². The molecule has 0 bridgehead atoms. The van der Waals surface area contributed by atoms with Crippen molar-refractivity contribution in [1.82, 2.24) is 15.1 Å². The third-order valence-electron chi connectivity index (χ3n) is 5.80. The molecule has 4 aromatic rings. The highest BCUT2D eigenvalue weighted by Crippen LogP contribution is 2.37. The van der Waals surface area contributed by atoms with E-state index in [0.29, 0.717) is 28.5 Å². The maximum atomic E-state index is 13.6. The smallest absolute Gasteiger partial charge is 0.439 e. The van der Waals surface area contributed by atoms with Gasteiger partial charge < -0.3 is 4.74 Å². The lowest BCUT2D eigenvalue weighted by molar-refractivity contribution is 0.306. The van der Waals surface area contributed by atoms with E-state index < -0.39 is 15.8 Å². The van der Waals surface area contributed by atoms with E-state index in [9.17, 15) is 13.2 Å². The molecular formula is C25H28N4O5S2. The number of aryl methyl sites for hydroxylation is 4. The van der Waals surface area contributed by atoms with E-state index in [1.807, 2.05) is 65.0 Å². The number of ether oxygens (including phenoxy) is 1. The summed E-state index contributed by atoms with van der Waals surface area (Å²) in [5, 5.41) is 5.45. The molecule has 2 aromatic heterocycles. The van der Waals surface area contributed by atoms with Crippen LogP contribution in [0, 0.1) is 27.7 Å². The van der Waals surface area contributed by atoms with Crippen LogP contribution in [0.15, 0.2) is 49.4 Å². The largest absolute Gasteiger partial charge is 0.487 e. The number of aromatic nitrogens is 3. The molecule has 9 nitrogen and oxygen atoms in total. The quantitative estimate of drug-likeness (QED) is 0.345. The predicted octanol–water partition coefficient (Wildman–Crippen LogP) is 4.90. The Kier molecular flexibility index (Phi) is 7.05. The fraction of sp³-hybridized carbons (Fsp3) is 0.320. The molecule has 0 unspecified atom stereocenters. The van der Waals surface area contributed by atoms with Gasteiger partial charge in [-0.1, -0.05) is 17.3 Å². The number of anilines is 1. The van der Waals surface area contributed by atoms with Gasteiger partial charge in [-0.2, -0.15) is 8.42 Å². The van der Waals surface area contributed by atoms with Crippen LogP contribution in [0.1, 0.15) is 41.8 Å². The molecule has 0 aliphatic rings. The Morgan fingerprint density at radius 1 is 1.08 bits per heavy atom. The molecule has 0 saturated carbocycles. The summed E-state index contributed by atoms with van der Waals surface area (Å²) >= 11 is 1.11. The number of rotatable bonds is 8. The van der Waals surface area contributed by atoms with Crippen molar-refractivity contribution < 1.29 is 17.7 Å². The van der Waals surface area contributed by atoms with Crippen LogP contribution < -0.4 is 14.8 Å². The SMILES string of the molecule is Cc1csc(S(=O)(=O)N(c2cc(C)c(C)cc2OCc2ccc(-c3noc(=O)[nH]3)cc2C)C(C)C)n1. The second kappa shape index (κ2) is 9.90. The van der Waals surface area contributed by atoms with Crippen LogP contribution in [-0.2, 0) is 16.6 Å². The van der Waals surface area contributed by atoms with Crippen LogP contribution in [0.3, 0.4) is 0 Å². The zero-order valence-corrected chi connectivity index (χ0v) is 22.6. The summed E-state index contributed by atoms with van der Waals surface area (Å²) in [7, 11) is -3.89. The van der Waals surface area contributed by atoms with Crippen molar-refractivity contribution in [2.75, 3.05) is 4.31 Å². The minimum absolute atomic E-state index is 0.0511. The zero-order valence-electron chi connectivity index (χ0n) is 20.9. The molecule has 0 radical (unpaired) electrons. The first-order valence-electron chi connectivity index (χ1n) is 11.3. The van der Waals surface area contributed by atoms with Crippen LogP contribution in [-0.4, -0.2) is 29.6 Å². The molecule has 11 heteroatoms. The molecule has 0 fully saturated rings. The van der Waals surface area contributed by atoms with Gasteiger partial charge in [-0.05, 0) is 82.0 Å². The Labute approximate surface area is 213 Å². The molecule has 0 aliphatic carbocycles. The molecule has 0 aliphatic heterocycles. The van der Waals surface area contributed by atoms with Crippen molar-refractivity contribution in [2.24, 2.45) is 0 Å². The number of thiazole rings is 1. The minimum atomic E-state index is -3.89. The molecule has 0 amide bonds. The summed E-state index contributed by atoms with van der Waals surface area (Å²) < 4.78 is 39.5. The molecule has 0 atom stereocenters. The van der Waals surface area contributed by atoms with Gasteiger partial charge in [-0.15, -0.1) is 11.3 Å². The topological polar surface area (TPSA) is 118 Å². The van der Waals surface area contributed by atoms with Gasteiger partial charge in [0.2, 0.25) is 4.34 Å². The zero-order chi connectivity index (χ0) is 26.2. The summed E-state index contributed by atoms with van der Waals surface area (Å²) in [5.41, 5.74) is 5.61. The molecule has 4 rings (SSSR count). The van der Waals surface area contributed by atoms with Crippen molar-refractivity contribution in [2.45, 2.75) is 58.5 Å². The second-order valence-corrected chi connectivity index (χ2v) is 11.8. The normalized spacial score (nSPS) is 11.8. The number of nitrogens with one attached hydrogen (secondary N) is 1. The fourth-order valence-electron chi connectivity index (χ4n) is 3.80. The molecule has 2 heterocycles. The van der Waals surface area contributed by atoms with Crippen molar-refractivity contribution in [3.8, 4) is 17.1 Å². The van der Waals surface area contributed by atoms with Gasteiger partial charge in [0.25, 0.3) is 10.0 Å². The lowest BCUT2D eigenvalue weighted by Gasteiger charge is -2.29. The number of nitrogens with zero attached hydrogens (tertiary/aromatic N) is 3. The number of hydrogen-bond donors (Lipinski definition) is 1. The lowest BCUT2D eigenvalue weighted by atomic mass is 10.1. The lowest BCUT2D eigenvalue weighted by Crippen LogP contribution is -2.37. The highest BCUT2D eigenvalue weighted by Gasteiger charge is 2.32. The van der Waals surface area contributed by atoms with Gasteiger partial charge in [0.1, 0.15) is 12.4 Å². The standard InChI is InChI=1S/C25H28N4O5S2/c1-14(2)29(36(31,32)25-26-18(6)13-35-25)21-10-15(3)16(4)11-22(21)33-12-20-8-7-19(9-17(20)5)23-27-24(30)34-28-23/h7-11,13-14H,12H2,1-6H3,(H,27,28,30). The molecule has 2 aromatic carbocycles. The maximum Gasteiger partial charge on any atom is 0.439 e. The number of sulfonamides is 1. The summed E-state index contributed by atoms with van der Waals surface area (Å²) in [6.07, 6.45) is 0. The first kappa shape index (κ1) is 25.6. The third-order valence-corrected chi connectivity index (χ3v) is 9.14. The van der Waals surface area contributed by atoms with Gasteiger partial charge >= 0.3 is 5.76 Å². The van der Waals surface area contributed by atoms with E-state index in [1.54, 1.807) is 12.3 Å². The molecule has 190 valence electrons. The minimum Gasteiger partial charge on any atom is -0.487 e. The number of aromatic amines is 1. The van der Waals surface area contributed by atoms with E-state index in [4.69, 9.17) is 4.74 Å². The fourth-order valence-corrected chi connectivity index (χ4v) is 6.57. The van der Waals surface area contributed by atoms with Crippen molar-refractivity contribution in [3.63, 3.8) is 0 Å². The maximum absolute atomic E-state index is 13.6. The van der Waals surface area contributed by atoms with Gasteiger partial charge in [0, 0.05) is 22.7 Å². The van der Waals surface area contributed by atoms with E-state index >= 15 is 0 Å². The molecular weight excluding hydrogens is 500 g/mol. The Morgan fingerprint density at radius 3 is 2.39 bits per heavy atom. The van der Waals surface area contributed by atoms with Crippen LogP contribution in [0.4, 0.5) is 5.69 Å². The van der Waals surface area contributed by atoms with Crippen LogP contribution >= 0.6 is 11.3 Å². The van der Waals surface area contributed by atoms with Crippen LogP contribution in [0.2, 0.25) is 0 Å². The first-order valence-corrected chi connectivity index (χ1v) is 13.7. The average molecular weight is 529 g/mol. The summed E-state index contributed by atoms with van der Waals surface area (Å²) in [4.78, 5) is 18.0. The summed E-state index contributed by atoms with van der Waals surface area (Å²) in [6, 6.07) is 8.92. The molecule has 0 spiro atoms. The van der Waals surface area contributed by atoms with Crippen molar-refractivity contribution in [3.05, 3.63) is 74.2 Å². The number of hydrogen-bond acceptors (Lipinski definition) is 8. The number of benzene rings is 2. The van der Waals surface area contributed by atoms with Crippen molar-refractivity contribution in [1.29, 1.82) is 0 Å². The van der Waals surface area contributed by atoms with Crippen molar-refractivity contribution >= 4 is 27.0 Å². The van der Waals surface area contributed by atoms with E-state index in [0.717, 1.165) is 33.6 Å². The first-order chi connectivity index (χ1) is 17.0. The molecule has 36 heavy (non-hydrogen) atoms.